The van der Waals surface area contributed by atoms with Gasteiger partial charge in [-0.25, -0.2) is 14.5 Å². The Morgan fingerprint density at radius 3 is 2.68 bits per heavy atom. The van der Waals surface area contributed by atoms with E-state index in [1.807, 2.05) is 6.07 Å². The molecule has 0 aliphatic rings. The van der Waals surface area contributed by atoms with Crippen molar-refractivity contribution < 1.29 is 24.2 Å². The van der Waals surface area contributed by atoms with Crippen LogP contribution in [0, 0.1) is 0 Å². The minimum Gasteiger partial charge on any atom is -0.481 e. The van der Waals surface area contributed by atoms with Crippen LogP contribution in [-0.2, 0) is 33.9 Å². The van der Waals surface area contributed by atoms with Crippen LogP contribution in [0.1, 0.15) is 23.6 Å². The van der Waals surface area contributed by atoms with E-state index >= 15 is 0 Å². The predicted octanol–water partition coefficient (Wildman–Crippen LogP) is 0.748. The number of tetrazole rings is 1. The van der Waals surface area contributed by atoms with Crippen molar-refractivity contribution in [1.82, 2.24) is 35.5 Å². The first kappa shape index (κ1) is 23.5. The minimum absolute atomic E-state index is 0. The normalized spacial score (nSPS) is 11.2. The van der Waals surface area contributed by atoms with Crippen molar-refractivity contribution in [3.63, 3.8) is 0 Å². The molecule has 0 saturated carbocycles. The Morgan fingerprint density at radius 2 is 2.00 bits per heavy atom. The number of Topliss-reactive ketones (excluding diaryl/α,β-unsaturated/α-hetero) is 1. The summed E-state index contributed by atoms with van der Waals surface area (Å²) in [4.78, 5) is 42.8. The van der Waals surface area contributed by atoms with Gasteiger partial charge >= 0.3 is 12.1 Å². The second kappa shape index (κ2) is 11.4. The summed E-state index contributed by atoms with van der Waals surface area (Å²) in [5.41, 5.74) is 0.755. The number of benzene rings is 1. The van der Waals surface area contributed by atoms with Crippen molar-refractivity contribution in [3.8, 4) is 0 Å². The fourth-order valence-electron chi connectivity index (χ4n) is 2.60. The number of hydrogen-bond donors (Lipinski definition) is 3. The first-order chi connectivity index (χ1) is 14.5. The molecular formula is C18H20ClN7O5. The van der Waals surface area contributed by atoms with Gasteiger partial charge in [-0.15, -0.1) is 17.5 Å². The molecule has 3 aromatic rings. The molecule has 13 heteroatoms. The van der Waals surface area contributed by atoms with E-state index in [2.05, 4.69) is 30.8 Å². The maximum atomic E-state index is 12.6. The summed E-state index contributed by atoms with van der Waals surface area (Å²) in [5, 5.41) is 22.6. The molecule has 0 aliphatic carbocycles. The topological polar surface area (TPSA) is 165 Å². The molecular weight excluding hydrogens is 430 g/mol. The van der Waals surface area contributed by atoms with Gasteiger partial charge in [0.05, 0.1) is 12.8 Å². The number of aromatic nitrogens is 6. The van der Waals surface area contributed by atoms with Crippen molar-refractivity contribution in [2.75, 3.05) is 0 Å². The van der Waals surface area contributed by atoms with Crippen LogP contribution in [0.25, 0.3) is 0 Å². The van der Waals surface area contributed by atoms with Gasteiger partial charge in [-0.1, -0.05) is 30.3 Å². The zero-order chi connectivity index (χ0) is 21.3. The lowest BCUT2D eigenvalue weighted by Crippen LogP contribution is -2.44. The van der Waals surface area contributed by atoms with Gasteiger partial charge in [0.15, 0.2) is 11.6 Å². The van der Waals surface area contributed by atoms with Gasteiger partial charge < -0.3 is 20.1 Å². The molecule has 1 atom stereocenters. The zero-order valence-corrected chi connectivity index (χ0v) is 17.0. The molecule has 0 fully saturated rings. The predicted molar refractivity (Wildman–Crippen MR) is 107 cm³/mol. The number of aliphatic carboxylic acids is 1. The molecule has 3 rings (SSSR count). The molecule has 164 valence electrons. The van der Waals surface area contributed by atoms with Gasteiger partial charge in [0.25, 0.3) is 0 Å². The summed E-state index contributed by atoms with van der Waals surface area (Å²) in [7, 11) is 0. The largest absolute Gasteiger partial charge is 0.481 e. The van der Waals surface area contributed by atoms with E-state index in [-0.39, 0.29) is 32.0 Å². The Balaban J connectivity index is 0.00000341. The van der Waals surface area contributed by atoms with Crippen LogP contribution in [0.5, 0.6) is 0 Å². The Kier molecular flexibility index (Phi) is 8.64. The fourth-order valence-corrected chi connectivity index (χ4v) is 2.60. The number of imidazole rings is 1. The number of hydrogen-bond acceptors (Lipinski definition) is 8. The lowest BCUT2D eigenvalue weighted by molar-refractivity contribution is -0.139. The quantitative estimate of drug-likeness (QED) is 0.404. The number of nitrogens with one attached hydrogen (secondary N) is 2. The first-order valence-electron chi connectivity index (χ1n) is 8.96. The Morgan fingerprint density at radius 1 is 1.23 bits per heavy atom. The standard InChI is InChI=1S/C18H19N7O5.ClH/c26-14(10-25-16(22-23-24-25)9-15-19-6-7-20-15)13(8-17(27)28)21-18(29)30-11-12-4-2-1-3-5-12;/h1-7,13H,8-11H2,(H,19,20)(H,21,29)(H,27,28);1H. The fraction of sp³-hybridized carbons (Fsp3) is 0.278. The molecule has 0 spiro atoms. The van der Waals surface area contributed by atoms with Gasteiger partial charge in [0, 0.05) is 12.4 Å². The maximum Gasteiger partial charge on any atom is 0.408 e. The van der Waals surface area contributed by atoms with E-state index in [0.29, 0.717) is 11.6 Å². The third kappa shape index (κ3) is 7.19. The van der Waals surface area contributed by atoms with Crippen LogP contribution in [0.4, 0.5) is 4.79 Å². The first-order valence-corrected chi connectivity index (χ1v) is 8.96. The van der Waals surface area contributed by atoms with E-state index in [9.17, 15) is 14.4 Å². The van der Waals surface area contributed by atoms with E-state index in [4.69, 9.17) is 9.84 Å². The lowest BCUT2D eigenvalue weighted by atomic mass is 10.1. The van der Waals surface area contributed by atoms with Crippen molar-refractivity contribution in [3.05, 3.63) is 59.9 Å². The number of alkyl carbamates (subject to hydrolysis) is 1. The molecule has 0 bridgehead atoms. The molecule has 2 aromatic heterocycles. The Bertz CT molecular complexity index is 994. The highest BCUT2D eigenvalue weighted by molar-refractivity contribution is 5.90. The molecule has 0 aliphatic heterocycles. The van der Waals surface area contributed by atoms with Crippen LogP contribution in [0.15, 0.2) is 42.7 Å². The van der Waals surface area contributed by atoms with Gasteiger partial charge in [0.1, 0.15) is 25.0 Å². The minimum atomic E-state index is -1.30. The Hall–Kier alpha value is -3.80. The highest BCUT2D eigenvalue weighted by Crippen LogP contribution is 2.05. The van der Waals surface area contributed by atoms with E-state index in [0.717, 1.165) is 5.56 Å². The average molecular weight is 450 g/mol. The number of carbonyl (C=O) groups is 3. The van der Waals surface area contributed by atoms with Gasteiger partial charge in [-0.2, -0.15) is 0 Å². The number of H-pyrrole nitrogens is 1. The second-order valence-electron chi connectivity index (χ2n) is 6.29. The van der Waals surface area contributed by atoms with Gasteiger partial charge in [-0.05, 0) is 16.0 Å². The van der Waals surface area contributed by atoms with Crippen LogP contribution >= 0.6 is 12.4 Å². The number of ketones is 1. The van der Waals surface area contributed by atoms with Crippen molar-refractivity contribution in [2.45, 2.75) is 32.0 Å². The number of carbonyl (C=O) groups excluding carboxylic acids is 2. The van der Waals surface area contributed by atoms with Crippen LogP contribution in [0.3, 0.4) is 0 Å². The van der Waals surface area contributed by atoms with Crippen molar-refractivity contribution in [1.29, 1.82) is 0 Å². The highest BCUT2D eigenvalue weighted by Gasteiger charge is 2.26. The van der Waals surface area contributed by atoms with E-state index in [1.165, 1.54) is 4.68 Å². The maximum absolute atomic E-state index is 12.6. The number of nitrogens with zero attached hydrogens (tertiary/aromatic N) is 5. The van der Waals surface area contributed by atoms with Crippen LogP contribution in [-0.4, -0.2) is 59.2 Å². The zero-order valence-electron chi connectivity index (χ0n) is 16.2. The van der Waals surface area contributed by atoms with E-state index in [1.54, 1.807) is 36.7 Å². The number of amides is 1. The molecule has 0 radical (unpaired) electrons. The summed E-state index contributed by atoms with van der Waals surface area (Å²) in [6.07, 6.45) is 1.97. The molecule has 2 heterocycles. The number of halogens is 1. The second-order valence-corrected chi connectivity index (χ2v) is 6.29. The number of carboxylic acid groups (broad SMARTS) is 1. The third-order valence-electron chi connectivity index (χ3n) is 4.06. The van der Waals surface area contributed by atoms with Crippen molar-refractivity contribution in [2.24, 2.45) is 0 Å². The number of carboxylic acids is 1. The van der Waals surface area contributed by atoms with Crippen LogP contribution < -0.4 is 5.32 Å². The van der Waals surface area contributed by atoms with Crippen LogP contribution in [0.2, 0.25) is 0 Å². The third-order valence-corrected chi connectivity index (χ3v) is 4.06. The van der Waals surface area contributed by atoms with Crippen molar-refractivity contribution >= 4 is 30.3 Å². The Labute approximate surface area is 182 Å². The van der Waals surface area contributed by atoms with Gasteiger partial charge in [0.2, 0.25) is 0 Å². The average Bonchev–Trinajstić information content (AvgIpc) is 3.39. The molecule has 12 nitrogen and oxygen atoms in total. The molecule has 1 aromatic carbocycles. The van der Waals surface area contributed by atoms with E-state index < -0.39 is 30.3 Å². The lowest BCUT2D eigenvalue weighted by Gasteiger charge is -2.16. The number of aromatic amines is 1. The molecule has 1 unspecified atom stereocenters. The summed E-state index contributed by atoms with van der Waals surface area (Å²) in [6, 6.07) is 7.65. The number of rotatable bonds is 10. The SMILES string of the molecule is Cl.O=C(O)CC(NC(=O)OCc1ccccc1)C(=O)Cn1nnnc1Cc1ncc[nH]1. The summed E-state index contributed by atoms with van der Waals surface area (Å²) >= 11 is 0. The van der Waals surface area contributed by atoms with Gasteiger partial charge in [-0.3, -0.25) is 9.59 Å². The summed E-state index contributed by atoms with van der Waals surface area (Å²) in [5.74, 6) is -0.867. The molecule has 1 amide bonds. The summed E-state index contributed by atoms with van der Waals surface area (Å²) < 4.78 is 6.30. The number of ether oxygens (including phenoxy) is 1. The smallest absolute Gasteiger partial charge is 0.408 e. The highest BCUT2D eigenvalue weighted by atomic mass is 35.5. The molecule has 31 heavy (non-hydrogen) atoms. The monoisotopic (exact) mass is 449 g/mol. The molecule has 3 N–H and O–H groups in total. The molecule has 0 saturated heterocycles. The summed E-state index contributed by atoms with van der Waals surface area (Å²) in [6.45, 7) is -0.332.